The first kappa shape index (κ1) is 13.0. The Bertz CT molecular complexity index is 395. The van der Waals surface area contributed by atoms with Crippen molar-refractivity contribution in [1.82, 2.24) is 4.98 Å². The normalized spacial score (nSPS) is 23.7. The zero-order valence-electron chi connectivity index (χ0n) is 11.2. The van der Waals surface area contributed by atoms with Gasteiger partial charge in [0.15, 0.2) is 0 Å². The molecule has 2 N–H and O–H groups in total. The van der Waals surface area contributed by atoms with Crippen LogP contribution in [0.2, 0.25) is 0 Å². The molecule has 1 saturated carbocycles. The van der Waals surface area contributed by atoms with Crippen LogP contribution in [0.25, 0.3) is 0 Å². The van der Waals surface area contributed by atoms with Gasteiger partial charge in [0.05, 0.1) is 12.8 Å². The van der Waals surface area contributed by atoms with Gasteiger partial charge in [-0.2, -0.15) is 4.98 Å². The number of nitrogens with zero attached hydrogens (tertiary/aromatic N) is 1. The van der Waals surface area contributed by atoms with Crippen LogP contribution < -0.4 is 15.2 Å². The molecule has 100 valence electrons. The number of hydrogen-bond acceptors (Lipinski definition) is 4. The Morgan fingerprint density at radius 1 is 1.39 bits per heavy atom. The Hall–Kier alpha value is -1.45. The van der Waals surface area contributed by atoms with Crippen molar-refractivity contribution in [3.8, 4) is 11.8 Å². The molecule has 1 heterocycles. The van der Waals surface area contributed by atoms with E-state index in [0.29, 0.717) is 17.4 Å². The summed E-state index contributed by atoms with van der Waals surface area (Å²) in [6.07, 6.45) is 6.21. The van der Waals surface area contributed by atoms with E-state index in [0.717, 1.165) is 18.8 Å². The van der Waals surface area contributed by atoms with E-state index in [9.17, 15) is 0 Å². The summed E-state index contributed by atoms with van der Waals surface area (Å²) >= 11 is 0. The fraction of sp³-hybridized carbons (Fsp3) is 0.643. The van der Waals surface area contributed by atoms with Gasteiger partial charge in [0.2, 0.25) is 11.8 Å². The minimum Gasteiger partial charge on any atom is -0.481 e. The molecular formula is C14H22N2O2. The first-order chi connectivity index (χ1) is 8.72. The fourth-order valence-electron chi connectivity index (χ4n) is 2.52. The van der Waals surface area contributed by atoms with Crippen LogP contribution in [0.5, 0.6) is 11.8 Å². The van der Waals surface area contributed by atoms with E-state index in [1.165, 1.54) is 19.3 Å². The highest BCUT2D eigenvalue weighted by Gasteiger charge is 2.23. The van der Waals surface area contributed by atoms with E-state index < -0.39 is 0 Å². The number of anilines is 1. The van der Waals surface area contributed by atoms with Crippen molar-refractivity contribution in [3.05, 3.63) is 12.1 Å². The molecule has 4 nitrogen and oxygen atoms in total. The Morgan fingerprint density at radius 2 is 2.22 bits per heavy atom. The number of rotatable bonds is 4. The second kappa shape index (κ2) is 5.94. The van der Waals surface area contributed by atoms with Crippen LogP contribution in [0, 0.1) is 5.92 Å². The Morgan fingerprint density at radius 3 is 2.94 bits per heavy atom. The highest BCUT2D eigenvalue weighted by molar-refractivity contribution is 5.49. The summed E-state index contributed by atoms with van der Waals surface area (Å²) in [5, 5.41) is 0. The predicted octanol–water partition coefficient (Wildman–Crippen LogP) is 3.02. The van der Waals surface area contributed by atoms with Gasteiger partial charge in [-0.1, -0.05) is 19.8 Å². The first-order valence-corrected chi connectivity index (χ1v) is 6.70. The van der Waals surface area contributed by atoms with Crippen LogP contribution >= 0.6 is 0 Å². The lowest BCUT2D eigenvalue weighted by molar-refractivity contribution is 0.117. The Balaban J connectivity index is 2.04. The number of aromatic nitrogens is 1. The highest BCUT2D eigenvalue weighted by atomic mass is 16.5. The largest absolute Gasteiger partial charge is 0.481 e. The molecule has 1 aromatic rings. The lowest BCUT2D eigenvalue weighted by atomic mass is 9.85. The van der Waals surface area contributed by atoms with E-state index in [2.05, 4.69) is 11.9 Å². The molecule has 1 aromatic heterocycles. The summed E-state index contributed by atoms with van der Waals surface area (Å²) in [7, 11) is 1.59. The van der Waals surface area contributed by atoms with Gasteiger partial charge < -0.3 is 15.2 Å². The quantitative estimate of drug-likeness (QED) is 0.892. The minimum atomic E-state index is 0.241. The maximum Gasteiger partial charge on any atom is 0.240 e. The average Bonchev–Trinajstić information content (AvgIpc) is 2.41. The number of ether oxygens (including phenoxy) is 2. The van der Waals surface area contributed by atoms with Crippen LogP contribution in [0.3, 0.4) is 0 Å². The molecule has 0 aromatic carbocycles. The number of hydrogen-bond donors (Lipinski definition) is 1. The van der Waals surface area contributed by atoms with Crippen molar-refractivity contribution >= 4 is 5.69 Å². The van der Waals surface area contributed by atoms with Crippen molar-refractivity contribution in [2.75, 3.05) is 12.8 Å². The molecule has 1 aliphatic carbocycles. The van der Waals surface area contributed by atoms with Crippen LogP contribution in [0.15, 0.2) is 12.1 Å². The number of methoxy groups -OCH3 is 1. The molecule has 4 heteroatoms. The van der Waals surface area contributed by atoms with E-state index in [1.807, 2.05) is 0 Å². The molecule has 0 amide bonds. The lowest BCUT2D eigenvalue weighted by Crippen LogP contribution is -2.25. The smallest absolute Gasteiger partial charge is 0.240 e. The molecule has 1 aliphatic rings. The van der Waals surface area contributed by atoms with Gasteiger partial charge in [-0.15, -0.1) is 0 Å². The van der Waals surface area contributed by atoms with Gasteiger partial charge in [0.1, 0.15) is 6.10 Å². The van der Waals surface area contributed by atoms with E-state index in [4.69, 9.17) is 15.2 Å². The van der Waals surface area contributed by atoms with Crippen LogP contribution in [0.1, 0.15) is 39.0 Å². The summed E-state index contributed by atoms with van der Waals surface area (Å²) in [5.74, 6) is 1.83. The second-order valence-corrected chi connectivity index (χ2v) is 4.93. The minimum absolute atomic E-state index is 0.241. The maximum atomic E-state index is 5.94. The van der Waals surface area contributed by atoms with Crippen molar-refractivity contribution in [1.29, 1.82) is 0 Å². The van der Waals surface area contributed by atoms with E-state index in [-0.39, 0.29) is 6.10 Å². The highest BCUT2D eigenvalue weighted by Crippen LogP contribution is 2.31. The Labute approximate surface area is 108 Å². The number of nitrogens with two attached hydrogens (primary N) is 1. The molecule has 2 unspecified atom stereocenters. The maximum absolute atomic E-state index is 5.94. The SMILES string of the molecule is CCC1CCCC(Oc2nc(OC)ccc2N)C1. The predicted molar refractivity (Wildman–Crippen MR) is 71.9 cm³/mol. The molecular weight excluding hydrogens is 228 g/mol. The molecule has 1 fully saturated rings. The average molecular weight is 250 g/mol. The van der Waals surface area contributed by atoms with Crippen molar-refractivity contribution in [3.63, 3.8) is 0 Å². The molecule has 18 heavy (non-hydrogen) atoms. The van der Waals surface area contributed by atoms with Gasteiger partial charge >= 0.3 is 0 Å². The molecule has 0 saturated heterocycles. The zero-order valence-corrected chi connectivity index (χ0v) is 11.2. The van der Waals surface area contributed by atoms with Crippen LogP contribution in [0.4, 0.5) is 5.69 Å². The van der Waals surface area contributed by atoms with Gasteiger partial charge in [-0.25, -0.2) is 0 Å². The van der Waals surface area contributed by atoms with Crippen LogP contribution in [-0.2, 0) is 0 Å². The molecule has 0 radical (unpaired) electrons. The fourth-order valence-corrected chi connectivity index (χ4v) is 2.52. The summed E-state index contributed by atoms with van der Waals surface area (Å²) < 4.78 is 11.0. The topological polar surface area (TPSA) is 57.4 Å². The third kappa shape index (κ3) is 3.06. The van der Waals surface area contributed by atoms with Crippen molar-refractivity contribution in [2.45, 2.75) is 45.1 Å². The molecule has 0 bridgehead atoms. The number of nitrogen functional groups attached to an aromatic ring is 1. The summed E-state index contributed by atoms with van der Waals surface area (Å²) in [4.78, 5) is 4.27. The van der Waals surface area contributed by atoms with Gasteiger partial charge in [-0.3, -0.25) is 0 Å². The van der Waals surface area contributed by atoms with Gasteiger partial charge in [0, 0.05) is 6.07 Å². The molecule has 2 rings (SSSR count). The summed E-state index contributed by atoms with van der Waals surface area (Å²) in [5.41, 5.74) is 6.46. The standard InChI is InChI=1S/C14H22N2O2/c1-3-10-5-4-6-11(9-10)18-14-12(15)7-8-13(16-14)17-2/h7-8,10-11H,3-6,9,15H2,1-2H3. The third-order valence-corrected chi connectivity index (χ3v) is 3.66. The zero-order chi connectivity index (χ0) is 13.0. The van der Waals surface area contributed by atoms with Crippen molar-refractivity contribution in [2.24, 2.45) is 5.92 Å². The number of pyridine rings is 1. The third-order valence-electron chi connectivity index (χ3n) is 3.66. The second-order valence-electron chi connectivity index (χ2n) is 4.93. The first-order valence-electron chi connectivity index (χ1n) is 6.70. The molecule has 0 spiro atoms. The van der Waals surface area contributed by atoms with Crippen LogP contribution in [-0.4, -0.2) is 18.2 Å². The summed E-state index contributed by atoms with van der Waals surface area (Å²) in [6.45, 7) is 2.24. The Kier molecular flexibility index (Phi) is 4.28. The van der Waals surface area contributed by atoms with Gasteiger partial charge in [-0.05, 0) is 31.2 Å². The lowest BCUT2D eigenvalue weighted by Gasteiger charge is -2.28. The van der Waals surface area contributed by atoms with Gasteiger partial charge in [0.25, 0.3) is 0 Å². The molecule has 0 aliphatic heterocycles. The van der Waals surface area contributed by atoms with Crippen molar-refractivity contribution < 1.29 is 9.47 Å². The van der Waals surface area contributed by atoms with E-state index in [1.54, 1.807) is 19.2 Å². The summed E-state index contributed by atoms with van der Waals surface area (Å²) in [6, 6.07) is 3.53. The van der Waals surface area contributed by atoms with E-state index >= 15 is 0 Å². The molecule has 2 atom stereocenters. The monoisotopic (exact) mass is 250 g/mol.